The van der Waals surface area contributed by atoms with Crippen LogP contribution in [0.2, 0.25) is 0 Å². The molecule has 0 bridgehead atoms. The fraction of sp³-hybridized carbons (Fsp3) is 0.595. The third-order valence-electron chi connectivity index (χ3n) is 9.59. The summed E-state index contributed by atoms with van der Waals surface area (Å²) in [5.74, 6) is 0.625. The molecular formula is C37H54N4O2. The van der Waals surface area contributed by atoms with E-state index < -0.39 is 0 Å². The Morgan fingerprint density at radius 1 is 1.02 bits per heavy atom. The number of aryl methyl sites for hydroxylation is 2. The Labute approximate surface area is 260 Å². The molecule has 0 unspecified atom stereocenters. The number of nitrogens with one attached hydrogen (secondary N) is 2. The molecule has 0 aromatic heterocycles. The van der Waals surface area contributed by atoms with Gasteiger partial charge in [0.15, 0.2) is 5.78 Å². The van der Waals surface area contributed by atoms with E-state index in [2.05, 4.69) is 41.8 Å². The first-order chi connectivity index (χ1) is 20.7. The molecule has 1 atom stereocenters. The van der Waals surface area contributed by atoms with E-state index in [-0.39, 0.29) is 29.4 Å². The van der Waals surface area contributed by atoms with Crippen LogP contribution in [-0.2, 0) is 16.6 Å². The Bertz CT molecular complexity index is 1230. The minimum atomic E-state index is -0.368. The van der Waals surface area contributed by atoms with Crippen molar-refractivity contribution in [2.75, 3.05) is 32.7 Å². The zero-order valence-corrected chi connectivity index (χ0v) is 27.1. The summed E-state index contributed by atoms with van der Waals surface area (Å²) in [6.45, 7) is 14.0. The molecule has 2 aliphatic heterocycles. The number of hydrogen-bond donors (Lipinski definition) is 2. The van der Waals surface area contributed by atoms with Gasteiger partial charge in [-0.2, -0.15) is 0 Å². The third-order valence-corrected chi connectivity index (χ3v) is 9.59. The van der Waals surface area contributed by atoms with Gasteiger partial charge in [0.25, 0.3) is 0 Å². The first-order valence-electron chi connectivity index (χ1n) is 16.6. The van der Waals surface area contributed by atoms with E-state index in [4.69, 9.17) is 15.6 Å². The summed E-state index contributed by atoms with van der Waals surface area (Å²) in [6.07, 6.45) is 11.0. The molecule has 234 valence electrons. The van der Waals surface area contributed by atoms with Crippen LogP contribution in [0.3, 0.4) is 0 Å². The third kappa shape index (κ3) is 9.33. The van der Waals surface area contributed by atoms with Crippen LogP contribution in [0.15, 0.2) is 42.5 Å². The van der Waals surface area contributed by atoms with Crippen molar-refractivity contribution in [3.05, 3.63) is 64.7 Å². The lowest BCUT2D eigenvalue weighted by atomic mass is 9.68. The van der Waals surface area contributed by atoms with Gasteiger partial charge in [-0.3, -0.25) is 4.79 Å². The minimum Gasteiger partial charge on any atom is -0.491 e. The first kappa shape index (κ1) is 33.1. The molecule has 2 aliphatic rings. The van der Waals surface area contributed by atoms with Gasteiger partial charge in [-0.15, -0.1) is 0 Å². The van der Waals surface area contributed by atoms with E-state index in [0.29, 0.717) is 18.9 Å². The maximum Gasteiger partial charge on any atom is 0.180 e. The second-order valence-corrected chi connectivity index (χ2v) is 13.3. The number of ketones is 1. The van der Waals surface area contributed by atoms with Crippen molar-refractivity contribution in [2.24, 2.45) is 0 Å². The lowest BCUT2D eigenvalue weighted by Crippen LogP contribution is -2.47. The van der Waals surface area contributed by atoms with Gasteiger partial charge >= 0.3 is 0 Å². The summed E-state index contributed by atoms with van der Waals surface area (Å²) < 4.78 is 5.84. The predicted molar refractivity (Wildman–Crippen MR) is 178 cm³/mol. The number of nitrogens with zero attached hydrogens (tertiary/aromatic N) is 2. The number of likely N-dealkylation sites (tertiary alicyclic amines) is 2. The molecule has 0 saturated carbocycles. The van der Waals surface area contributed by atoms with Crippen LogP contribution in [0.1, 0.15) is 93.9 Å². The summed E-state index contributed by atoms with van der Waals surface area (Å²) in [7, 11) is 0. The van der Waals surface area contributed by atoms with Crippen LogP contribution in [0.4, 0.5) is 0 Å². The highest BCUT2D eigenvalue weighted by Crippen LogP contribution is 2.40. The summed E-state index contributed by atoms with van der Waals surface area (Å²) in [5.41, 5.74) is 4.33. The van der Waals surface area contributed by atoms with E-state index >= 15 is 0 Å². The van der Waals surface area contributed by atoms with Crippen LogP contribution in [-0.4, -0.2) is 72.4 Å². The number of Topliss-reactive ketones (excluding diaryl/α,β-unsaturated/α-hetero) is 1. The Balaban J connectivity index is 1.51. The van der Waals surface area contributed by atoms with Crippen molar-refractivity contribution >= 4 is 17.7 Å². The molecule has 2 N–H and O–H groups in total. The lowest BCUT2D eigenvalue weighted by Gasteiger charge is -2.42. The number of benzene rings is 2. The highest BCUT2D eigenvalue weighted by molar-refractivity contribution is 6.39. The Hall–Kier alpha value is -2.83. The van der Waals surface area contributed by atoms with Crippen LogP contribution in [0.5, 0.6) is 5.75 Å². The highest BCUT2D eigenvalue weighted by atomic mass is 16.5. The van der Waals surface area contributed by atoms with Crippen LogP contribution >= 0.6 is 0 Å². The molecule has 2 saturated heterocycles. The van der Waals surface area contributed by atoms with E-state index in [9.17, 15) is 4.79 Å². The largest absolute Gasteiger partial charge is 0.491 e. The number of carbonyl (C=O) groups excluding carboxylic acids is 1. The van der Waals surface area contributed by atoms with Gasteiger partial charge in [-0.25, -0.2) is 0 Å². The molecule has 43 heavy (non-hydrogen) atoms. The van der Waals surface area contributed by atoms with Crippen LogP contribution in [0.25, 0.3) is 0 Å². The molecule has 6 heteroatoms. The van der Waals surface area contributed by atoms with E-state index in [0.717, 1.165) is 43.8 Å². The summed E-state index contributed by atoms with van der Waals surface area (Å²) in [5, 5.41) is 17.0. The molecular weight excluding hydrogens is 532 g/mol. The first-order valence-corrected chi connectivity index (χ1v) is 16.6. The monoisotopic (exact) mass is 586 g/mol. The fourth-order valence-corrected chi connectivity index (χ4v) is 7.22. The molecule has 0 aliphatic carbocycles. The summed E-state index contributed by atoms with van der Waals surface area (Å²) in [4.78, 5) is 18.9. The van der Waals surface area contributed by atoms with Gasteiger partial charge in [-0.05, 0) is 140 Å². The van der Waals surface area contributed by atoms with E-state index in [1.165, 1.54) is 68.1 Å². The Morgan fingerprint density at radius 2 is 1.77 bits per heavy atom. The molecule has 2 aromatic rings. The van der Waals surface area contributed by atoms with Crippen LogP contribution < -0.4 is 4.74 Å². The number of hydrogen-bond acceptors (Lipinski definition) is 6. The number of ether oxygens (including phenoxy) is 1. The zero-order chi connectivity index (χ0) is 30.8. The average Bonchev–Trinajstić information content (AvgIpc) is 3.00. The number of piperidine rings is 2. The summed E-state index contributed by atoms with van der Waals surface area (Å²) in [6, 6.07) is 15.0. The molecule has 2 aromatic carbocycles. The van der Waals surface area contributed by atoms with Crippen molar-refractivity contribution in [3.63, 3.8) is 0 Å². The van der Waals surface area contributed by atoms with Crippen molar-refractivity contribution in [3.8, 4) is 5.75 Å². The molecule has 0 radical (unpaired) electrons. The van der Waals surface area contributed by atoms with Crippen molar-refractivity contribution < 1.29 is 9.53 Å². The van der Waals surface area contributed by atoms with Crippen LogP contribution in [0, 0.1) is 24.7 Å². The normalized spacial score (nSPS) is 18.3. The fourth-order valence-electron chi connectivity index (χ4n) is 7.22. The summed E-state index contributed by atoms with van der Waals surface area (Å²) >= 11 is 0. The second-order valence-electron chi connectivity index (χ2n) is 13.3. The molecule has 2 fully saturated rings. The molecule has 6 nitrogen and oxygen atoms in total. The van der Waals surface area contributed by atoms with Gasteiger partial charge in [0.2, 0.25) is 0 Å². The lowest BCUT2D eigenvalue weighted by molar-refractivity contribution is -0.112. The maximum atomic E-state index is 13.5. The molecule has 0 spiro atoms. The average molecular weight is 587 g/mol. The Kier molecular flexibility index (Phi) is 12.1. The van der Waals surface area contributed by atoms with E-state index in [1.54, 1.807) is 0 Å². The van der Waals surface area contributed by atoms with Crippen molar-refractivity contribution in [1.29, 1.82) is 10.8 Å². The Morgan fingerprint density at radius 3 is 2.47 bits per heavy atom. The second kappa shape index (κ2) is 15.8. The van der Waals surface area contributed by atoms with E-state index in [1.807, 2.05) is 38.1 Å². The standard InChI is InChI=1S/C37H54N4O2/c1-28(2)43-33-11-8-10-31(25-33)26-36(42)35(39)27-37(16-9-18-38,34-24-29(3)12-13-30(34)4)17-23-40-21-14-32(15-22-40)41-19-6-5-7-20-41/h8,10-13,18,24-25,28,32,38-39H,5-7,9,14-17,19-23,26-27H2,1-4H3/t37-/m0/s1. The topological polar surface area (TPSA) is 80.5 Å². The SMILES string of the molecule is Cc1ccc(C)c([C@@](CCC=N)(CCN2CCC(N3CCCCC3)CC2)CC(=N)C(=O)Cc2cccc(OC(C)C)c2)c1. The molecule has 2 heterocycles. The molecule has 4 rings (SSSR count). The predicted octanol–water partition coefficient (Wildman–Crippen LogP) is 7.32. The minimum absolute atomic E-state index is 0.0619. The smallest absolute Gasteiger partial charge is 0.180 e. The highest BCUT2D eigenvalue weighted by Gasteiger charge is 2.37. The van der Waals surface area contributed by atoms with Crippen molar-refractivity contribution in [1.82, 2.24) is 9.80 Å². The number of rotatable bonds is 15. The van der Waals surface area contributed by atoms with Crippen molar-refractivity contribution in [2.45, 2.75) is 109 Å². The van der Waals surface area contributed by atoms with Gasteiger partial charge in [-0.1, -0.05) is 42.3 Å². The quantitative estimate of drug-likeness (QED) is 0.214. The van der Waals surface area contributed by atoms with Gasteiger partial charge in [0, 0.05) is 24.3 Å². The van der Waals surface area contributed by atoms with Gasteiger partial charge in [0.1, 0.15) is 5.75 Å². The number of carbonyl (C=O) groups is 1. The zero-order valence-electron chi connectivity index (χ0n) is 27.1. The maximum absolute atomic E-state index is 13.5. The van der Waals surface area contributed by atoms with Gasteiger partial charge in [0.05, 0.1) is 11.8 Å². The molecule has 0 amide bonds. The van der Waals surface area contributed by atoms with Gasteiger partial charge < -0.3 is 25.4 Å².